The molecule has 1 N–H and O–H groups in total. The van der Waals surface area contributed by atoms with Crippen LogP contribution in [0.3, 0.4) is 0 Å². The predicted octanol–water partition coefficient (Wildman–Crippen LogP) is 1.15. The number of aryl methyl sites for hydroxylation is 2. The van der Waals surface area contributed by atoms with Crippen LogP contribution in [-0.4, -0.2) is 30.2 Å². The number of hydrogen-bond acceptors (Lipinski definition) is 3. The Morgan fingerprint density at radius 2 is 2.24 bits per heavy atom. The topological polar surface area (TPSA) is 72.9 Å². The fraction of sp³-hybridized carbons (Fsp3) is 0.364. The molecule has 0 spiro atoms. The highest BCUT2D eigenvalue weighted by molar-refractivity contribution is 5.85. The van der Waals surface area contributed by atoms with E-state index in [0.717, 1.165) is 12.4 Å². The van der Waals surface area contributed by atoms with Gasteiger partial charge >= 0.3 is 5.97 Å². The van der Waals surface area contributed by atoms with Gasteiger partial charge in [0.05, 0.1) is 12.7 Å². The molecule has 2 aromatic heterocycles. The molecule has 0 fully saturated rings. The lowest BCUT2D eigenvalue weighted by Gasteiger charge is -2.09. The molecule has 2 heterocycles. The molecule has 0 aliphatic carbocycles. The van der Waals surface area contributed by atoms with Gasteiger partial charge < -0.3 is 14.2 Å². The van der Waals surface area contributed by atoms with E-state index in [1.54, 1.807) is 17.7 Å². The second kappa shape index (κ2) is 4.40. The van der Waals surface area contributed by atoms with Crippen LogP contribution in [0.2, 0.25) is 0 Å². The maximum absolute atomic E-state index is 11.0. The zero-order valence-corrected chi connectivity index (χ0v) is 9.79. The van der Waals surface area contributed by atoms with Crippen LogP contribution in [-0.2, 0) is 13.1 Å². The van der Waals surface area contributed by atoms with Crippen molar-refractivity contribution in [1.82, 2.24) is 19.1 Å². The summed E-state index contributed by atoms with van der Waals surface area (Å²) in [6.07, 6.45) is 4.96. The number of carbonyl (C=O) groups is 1. The molecule has 6 nitrogen and oxygen atoms in total. The Morgan fingerprint density at radius 3 is 2.88 bits per heavy atom. The molecular formula is C11H14N4O2. The second-order valence-corrected chi connectivity index (χ2v) is 3.71. The number of aromatic carboxylic acids is 1. The average molecular weight is 234 g/mol. The Balaban J connectivity index is 2.36. The van der Waals surface area contributed by atoms with E-state index < -0.39 is 5.97 Å². The molecule has 2 rings (SSSR count). The van der Waals surface area contributed by atoms with Crippen LogP contribution >= 0.6 is 0 Å². The number of nitrogens with zero attached hydrogens (tertiary/aromatic N) is 4. The number of imidazole rings is 2. The molecule has 0 aliphatic rings. The van der Waals surface area contributed by atoms with E-state index in [4.69, 9.17) is 5.11 Å². The van der Waals surface area contributed by atoms with Crippen LogP contribution in [0.1, 0.15) is 29.1 Å². The smallest absolute Gasteiger partial charge is 0.354 e. The standard InChI is InChI=1S/C11H14N4O2/c1-3-14-5-4-12-10(14)7-15-8(2)13-6-9(15)11(16)17/h4-6H,3,7H2,1-2H3,(H,16,17). The minimum Gasteiger partial charge on any atom is -0.477 e. The number of carboxylic acid groups (broad SMARTS) is 1. The fourth-order valence-electron chi connectivity index (χ4n) is 1.76. The second-order valence-electron chi connectivity index (χ2n) is 3.71. The molecule has 6 heteroatoms. The highest BCUT2D eigenvalue weighted by atomic mass is 16.4. The van der Waals surface area contributed by atoms with E-state index in [9.17, 15) is 4.79 Å². The highest BCUT2D eigenvalue weighted by Crippen LogP contribution is 2.09. The molecule has 2 aromatic rings. The van der Waals surface area contributed by atoms with Gasteiger partial charge in [-0.3, -0.25) is 0 Å². The monoisotopic (exact) mass is 234 g/mol. The Morgan fingerprint density at radius 1 is 1.47 bits per heavy atom. The van der Waals surface area contributed by atoms with E-state index in [2.05, 4.69) is 9.97 Å². The molecule has 0 atom stereocenters. The van der Waals surface area contributed by atoms with Crippen LogP contribution in [0.4, 0.5) is 0 Å². The van der Waals surface area contributed by atoms with E-state index in [-0.39, 0.29) is 5.69 Å². The summed E-state index contributed by atoms with van der Waals surface area (Å²) < 4.78 is 3.63. The Hall–Kier alpha value is -2.11. The van der Waals surface area contributed by atoms with Crippen molar-refractivity contribution < 1.29 is 9.90 Å². The van der Waals surface area contributed by atoms with Gasteiger partial charge in [-0.15, -0.1) is 0 Å². The third-order valence-electron chi connectivity index (χ3n) is 2.72. The third-order valence-corrected chi connectivity index (χ3v) is 2.72. The molecule has 17 heavy (non-hydrogen) atoms. The maximum Gasteiger partial charge on any atom is 0.354 e. The number of hydrogen-bond donors (Lipinski definition) is 1. The van der Waals surface area contributed by atoms with Gasteiger partial charge in [0, 0.05) is 18.9 Å². The summed E-state index contributed by atoms with van der Waals surface area (Å²) >= 11 is 0. The van der Waals surface area contributed by atoms with Crippen molar-refractivity contribution in [2.45, 2.75) is 26.9 Å². The van der Waals surface area contributed by atoms with Gasteiger partial charge in [0.1, 0.15) is 17.3 Å². The van der Waals surface area contributed by atoms with Gasteiger partial charge in [0.15, 0.2) is 0 Å². The molecule has 0 aromatic carbocycles. The van der Waals surface area contributed by atoms with Crippen molar-refractivity contribution in [2.75, 3.05) is 0 Å². The summed E-state index contributed by atoms with van der Waals surface area (Å²) in [5.74, 6) is 0.532. The zero-order valence-electron chi connectivity index (χ0n) is 9.79. The largest absolute Gasteiger partial charge is 0.477 e. The Labute approximate surface area is 98.5 Å². The molecule has 0 saturated carbocycles. The van der Waals surface area contributed by atoms with Crippen LogP contribution in [0.5, 0.6) is 0 Å². The van der Waals surface area contributed by atoms with Crippen LogP contribution in [0, 0.1) is 6.92 Å². The number of rotatable bonds is 4. The van der Waals surface area contributed by atoms with E-state index in [1.807, 2.05) is 17.7 Å². The van der Waals surface area contributed by atoms with Crippen molar-refractivity contribution in [3.05, 3.63) is 35.9 Å². The SMILES string of the molecule is CCn1ccnc1Cn1c(C(=O)O)cnc1C. The molecular weight excluding hydrogens is 220 g/mol. The molecule has 0 unspecified atom stereocenters. The summed E-state index contributed by atoms with van der Waals surface area (Å²) in [6, 6.07) is 0. The van der Waals surface area contributed by atoms with Gasteiger partial charge in [0.2, 0.25) is 0 Å². The lowest BCUT2D eigenvalue weighted by Crippen LogP contribution is -2.14. The lowest BCUT2D eigenvalue weighted by molar-refractivity contribution is 0.0685. The Kier molecular flexibility index (Phi) is 2.95. The van der Waals surface area contributed by atoms with E-state index >= 15 is 0 Å². The highest BCUT2D eigenvalue weighted by Gasteiger charge is 2.14. The van der Waals surface area contributed by atoms with Crippen molar-refractivity contribution in [2.24, 2.45) is 0 Å². The lowest BCUT2D eigenvalue weighted by atomic mass is 10.4. The molecule has 0 radical (unpaired) electrons. The van der Waals surface area contributed by atoms with Crippen molar-refractivity contribution in [1.29, 1.82) is 0 Å². The van der Waals surface area contributed by atoms with Crippen LogP contribution in [0.25, 0.3) is 0 Å². The molecule has 0 amide bonds. The minimum absolute atomic E-state index is 0.188. The van der Waals surface area contributed by atoms with Crippen molar-refractivity contribution in [3.63, 3.8) is 0 Å². The van der Waals surface area contributed by atoms with E-state index in [1.165, 1.54) is 6.20 Å². The summed E-state index contributed by atoms with van der Waals surface area (Å²) in [5.41, 5.74) is 0.188. The maximum atomic E-state index is 11.0. The van der Waals surface area contributed by atoms with Gasteiger partial charge in [-0.2, -0.15) is 0 Å². The average Bonchev–Trinajstić information content (AvgIpc) is 2.87. The molecule has 90 valence electrons. The van der Waals surface area contributed by atoms with Crippen LogP contribution < -0.4 is 0 Å². The molecule has 0 bridgehead atoms. The third kappa shape index (κ3) is 2.06. The van der Waals surface area contributed by atoms with Gasteiger partial charge in [-0.25, -0.2) is 14.8 Å². The van der Waals surface area contributed by atoms with Gasteiger partial charge in [0.25, 0.3) is 0 Å². The van der Waals surface area contributed by atoms with E-state index in [0.29, 0.717) is 12.4 Å². The normalized spacial score (nSPS) is 10.7. The summed E-state index contributed by atoms with van der Waals surface area (Å²) in [6.45, 7) is 5.04. The number of aromatic nitrogens is 4. The quantitative estimate of drug-likeness (QED) is 0.861. The van der Waals surface area contributed by atoms with Crippen LogP contribution in [0.15, 0.2) is 18.6 Å². The first-order valence-electron chi connectivity index (χ1n) is 5.39. The first-order chi connectivity index (χ1) is 8.13. The summed E-state index contributed by atoms with van der Waals surface area (Å²) in [5, 5.41) is 9.05. The Bertz CT molecular complexity index is 541. The zero-order chi connectivity index (χ0) is 12.4. The minimum atomic E-state index is -0.972. The summed E-state index contributed by atoms with van der Waals surface area (Å²) in [4.78, 5) is 19.3. The van der Waals surface area contributed by atoms with Crippen molar-refractivity contribution in [3.8, 4) is 0 Å². The fourth-order valence-corrected chi connectivity index (χ4v) is 1.76. The number of carboxylic acids is 1. The van der Waals surface area contributed by atoms with Crippen molar-refractivity contribution >= 4 is 5.97 Å². The molecule has 0 aliphatic heterocycles. The predicted molar refractivity (Wildman–Crippen MR) is 60.9 cm³/mol. The first-order valence-corrected chi connectivity index (χ1v) is 5.39. The van der Waals surface area contributed by atoms with Gasteiger partial charge in [-0.1, -0.05) is 0 Å². The first kappa shape index (κ1) is 11.4. The van der Waals surface area contributed by atoms with Gasteiger partial charge in [-0.05, 0) is 13.8 Å². The molecule has 0 saturated heterocycles. The summed E-state index contributed by atoms with van der Waals surface area (Å²) in [7, 11) is 0.